The van der Waals surface area contributed by atoms with Crippen molar-refractivity contribution in [1.82, 2.24) is 30.0 Å². The predicted octanol–water partition coefficient (Wildman–Crippen LogP) is 2.99. The molecule has 146 valence electrons. The van der Waals surface area contributed by atoms with Gasteiger partial charge in [0.25, 0.3) is 5.91 Å². The predicted molar refractivity (Wildman–Crippen MR) is 110 cm³/mol. The minimum absolute atomic E-state index is 0.0153. The van der Waals surface area contributed by atoms with Gasteiger partial charge in [0.05, 0.1) is 6.20 Å². The number of amides is 1. The Hall–Kier alpha value is -2.58. The molecule has 0 spiro atoms. The highest BCUT2D eigenvalue weighted by atomic mass is 32.1. The van der Waals surface area contributed by atoms with Crippen molar-refractivity contribution in [2.24, 2.45) is 0 Å². The Labute approximate surface area is 168 Å². The van der Waals surface area contributed by atoms with E-state index in [4.69, 9.17) is 0 Å². The summed E-state index contributed by atoms with van der Waals surface area (Å²) in [4.78, 5) is 24.1. The fraction of sp³-hybridized carbons (Fsp3) is 0.400. The van der Waals surface area contributed by atoms with Crippen LogP contribution in [0.5, 0.6) is 0 Å². The zero-order chi connectivity index (χ0) is 19.5. The lowest BCUT2D eigenvalue weighted by Crippen LogP contribution is -2.49. The van der Waals surface area contributed by atoms with Crippen LogP contribution in [0, 0.1) is 0 Å². The number of rotatable bonds is 5. The van der Waals surface area contributed by atoms with Gasteiger partial charge in [-0.25, -0.2) is 14.6 Å². The van der Waals surface area contributed by atoms with E-state index in [0.717, 1.165) is 42.3 Å². The molecule has 1 N–H and O–H groups in total. The van der Waals surface area contributed by atoms with Crippen LogP contribution in [0.15, 0.2) is 42.2 Å². The summed E-state index contributed by atoms with van der Waals surface area (Å²) in [6.45, 7) is 6.06. The monoisotopic (exact) mass is 396 g/mol. The average molecular weight is 397 g/mol. The quantitative estimate of drug-likeness (QED) is 0.717. The van der Waals surface area contributed by atoms with Gasteiger partial charge in [0, 0.05) is 35.4 Å². The molecule has 28 heavy (non-hydrogen) atoms. The summed E-state index contributed by atoms with van der Waals surface area (Å²) >= 11 is 1.47. The second-order valence-electron chi connectivity index (χ2n) is 7.19. The molecule has 3 aromatic rings. The molecule has 1 aliphatic heterocycles. The average Bonchev–Trinajstić information content (AvgIpc) is 3.39. The van der Waals surface area contributed by atoms with E-state index in [-0.39, 0.29) is 18.0 Å². The summed E-state index contributed by atoms with van der Waals surface area (Å²) in [6.07, 6.45) is 7.35. The van der Waals surface area contributed by atoms with Crippen LogP contribution in [0.4, 0.5) is 0 Å². The van der Waals surface area contributed by atoms with Crippen LogP contribution in [-0.4, -0.2) is 55.7 Å². The molecule has 3 aromatic heterocycles. The summed E-state index contributed by atoms with van der Waals surface area (Å²) in [5, 5.41) is 10.4. The van der Waals surface area contributed by atoms with Crippen LogP contribution in [0.1, 0.15) is 37.2 Å². The Morgan fingerprint density at radius 2 is 2.14 bits per heavy atom. The topological polar surface area (TPSA) is 75.9 Å². The first kappa shape index (κ1) is 18.8. The van der Waals surface area contributed by atoms with E-state index in [1.165, 1.54) is 11.3 Å². The van der Waals surface area contributed by atoms with Crippen LogP contribution in [0.25, 0.3) is 16.4 Å². The summed E-state index contributed by atoms with van der Waals surface area (Å²) in [5.41, 5.74) is 1.39. The normalized spacial score (nSPS) is 15.1. The van der Waals surface area contributed by atoms with Crippen molar-refractivity contribution in [1.29, 1.82) is 0 Å². The number of hydrogen-bond acceptors (Lipinski definition) is 6. The minimum Gasteiger partial charge on any atom is -0.332 e. The van der Waals surface area contributed by atoms with Crippen LogP contribution in [0.2, 0.25) is 0 Å². The standard InChI is InChI=1S/C20H24N6OS/c1-14(2)26(16-6-9-21-10-7-16)20(27)17-13-28-19(24-17)15-11-23-25(12-15)18-5-3-4-8-22-18/h3-5,8,11-14,16,21H,6-7,9-10H2,1-2H3. The summed E-state index contributed by atoms with van der Waals surface area (Å²) in [7, 11) is 0. The number of nitrogens with zero attached hydrogens (tertiary/aromatic N) is 5. The SMILES string of the molecule is CC(C)N(C(=O)c1csc(-c2cnn(-c3ccccn3)c2)n1)C1CCNCC1. The molecule has 1 amide bonds. The van der Waals surface area contributed by atoms with Gasteiger partial charge in [-0.2, -0.15) is 5.10 Å². The van der Waals surface area contributed by atoms with Crippen molar-refractivity contribution in [2.45, 2.75) is 38.8 Å². The fourth-order valence-electron chi connectivity index (χ4n) is 3.59. The van der Waals surface area contributed by atoms with Crippen molar-refractivity contribution >= 4 is 17.2 Å². The molecular weight excluding hydrogens is 372 g/mol. The number of piperidine rings is 1. The molecule has 0 unspecified atom stereocenters. The molecule has 7 nitrogen and oxygen atoms in total. The minimum atomic E-state index is 0.0153. The van der Waals surface area contributed by atoms with Gasteiger partial charge in [-0.3, -0.25) is 4.79 Å². The first-order chi connectivity index (χ1) is 13.6. The molecule has 0 radical (unpaired) electrons. The summed E-state index contributed by atoms with van der Waals surface area (Å²) in [6, 6.07) is 6.10. The second-order valence-corrected chi connectivity index (χ2v) is 8.04. The van der Waals surface area contributed by atoms with E-state index in [2.05, 4.69) is 34.2 Å². The number of aromatic nitrogens is 4. The maximum Gasteiger partial charge on any atom is 0.273 e. The molecule has 0 atom stereocenters. The highest BCUT2D eigenvalue weighted by Crippen LogP contribution is 2.26. The smallest absolute Gasteiger partial charge is 0.273 e. The maximum absolute atomic E-state index is 13.2. The first-order valence-electron chi connectivity index (χ1n) is 9.59. The number of carbonyl (C=O) groups is 1. The van der Waals surface area contributed by atoms with Crippen molar-refractivity contribution < 1.29 is 4.79 Å². The van der Waals surface area contributed by atoms with E-state index in [9.17, 15) is 4.79 Å². The lowest BCUT2D eigenvalue weighted by molar-refractivity contribution is 0.0560. The Morgan fingerprint density at radius 3 is 2.86 bits per heavy atom. The Morgan fingerprint density at radius 1 is 1.32 bits per heavy atom. The molecule has 0 aromatic carbocycles. The third-order valence-electron chi connectivity index (χ3n) is 4.93. The molecule has 0 aliphatic carbocycles. The third-order valence-corrected chi connectivity index (χ3v) is 5.82. The zero-order valence-corrected chi connectivity index (χ0v) is 16.9. The molecule has 8 heteroatoms. The Balaban J connectivity index is 1.55. The lowest BCUT2D eigenvalue weighted by Gasteiger charge is -2.37. The number of hydrogen-bond donors (Lipinski definition) is 1. The summed E-state index contributed by atoms with van der Waals surface area (Å²) in [5.74, 6) is 0.764. The van der Waals surface area contributed by atoms with Crippen molar-refractivity contribution in [3.8, 4) is 16.4 Å². The highest BCUT2D eigenvalue weighted by Gasteiger charge is 2.29. The number of thiazole rings is 1. The van der Waals surface area contributed by atoms with Gasteiger partial charge in [0.15, 0.2) is 5.82 Å². The van der Waals surface area contributed by atoms with Gasteiger partial charge in [-0.1, -0.05) is 6.07 Å². The van der Waals surface area contributed by atoms with Crippen LogP contribution in [-0.2, 0) is 0 Å². The van der Waals surface area contributed by atoms with Crippen molar-refractivity contribution in [3.63, 3.8) is 0 Å². The highest BCUT2D eigenvalue weighted by molar-refractivity contribution is 7.13. The molecule has 1 saturated heterocycles. The largest absolute Gasteiger partial charge is 0.332 e. The van der Waals surface area contributed by atoms with Crippen molar-refractivity contribution in [3.05, 3.63) is 47.9 Å². The van der Waals surface area contributed by atoms with Gasteiger partial charge in [0.1, 0.15) is 10.7 Å². The van der Waals surface area contributed by atoms with E-state index in [1.54, 1.807) is 17.1 Å². The molecule has 4 heterocycles. The van der Waals surface area contributed by atoms with Gasteiger partial charge < -0.3 is 10.2 Å². The van der Waals surface area contributed by atoms with Crippen molar-refractivity contribution in [2.75, 3.05) is 13.1 Å². The van der Waals surface area contributed by atoms with E-state index in [1.807, 2.05) is 34.7 Å². The van der Waals surface area contributed by atoms with Crippen LogP contribution >= 0.6 is 11.3 Å². The maximum atomic E-state index is 13.2. The van der Waals surface area contributed by atoms with Crippen LogP contribution in [0.3, 0.4) is 0 Å². The van der Waals surface area contributed by atoms with Gasteiger partial charge in [0.2, 0.25) is 0 Å². The number of pyridine rings is 1. The van der Waals surface area contributed by atoms with E-state index in [0.29, 0.717) is 5.69 Å². The molecule has 0 saturated carbocycles. The van der Waals surface area contributed by atoms with Gasteiger partial charge in [-0.05, 0) is 51.9 Å². The number of nitrogens with one attached hydrogen (secondary N) is 1. The third kappa shape index (κ3) is 3.83. The zero-order valence-electron chi connectivity index (χ0n) is 16.1. The number of carbonyl (C=O) groups excluding carboxylic acids is 1. The first-order valence-corrected chi connectivity index (χ1v) is 10.5. The van der Waals surface area contributed by atoms with Crippen LogP contribution < -0.4 is 5.32 Å². The molecule has 0 bridgehead atoms. The second kappa shape index (κ2) is 8.20. The van der Waals surface area contributed by atoms with E-state index >= 15 is 0 Å². The Bertz CT molecular complexity index is 929. The summed E-state index contributed by atoms with van der Waals surface area (Å²) < 4.78 is 1.72. The lowest BCUT2D eigenvalue weighted by atomic mass is 10.0. The van der Waals surface area contributed by atoms with E-state index < -0.39 is 0 Å². The van der Waals surface area contributed by atoms with Gasteiger partial charge in [-0.15, -0.1) is 11.3 Å². The molecular formula is C20H24N6OS. The fourth-order valence-corrected chi connectivity index (χ4v) is 4.36. The molecule has 1 fully saturated rings. The molecule has 1 aliphatic rings. The van der Waals surface area contributed by atoms with Gasteiger partial charge >= 0.3 is 0 Å². The Kier molecular flexibility index (Phi) is 5.50. The molecule has 4 rings (SSSR count).